The van der Waals surface area contributed by atoms with E-state index in [-0.39, 0.29) is 12.6 Å². The lowest BCUT2D eigenvalue weighted by atomic mass is 10.1. The summed E-state index contributed by atoms with van der Waals surface area (Å²) >= 11 is 6.10. The fraction of sp³-hybridized carbons (Fsp3) is 0.333. The minimum Gasteiger partial charge on any atom is -0.489 e. The molecule has 1 N–H and O–H groups in total. The maximum atomic E-state index is 11.1. The Morgan fingerprint density at radius 2 is 2.17 bits per heavy atom. The van der Waals surface area contributed by atoms with Crippen molar-refractivity contribution >= 4 is 17.6 Å². The number of halogens is 1. The molecule has 0 aliphatic rings. The molecule has 0 radical (unpaired) electrons. The first-order valence-electron chi connectivity index (χ1n) is 7.71. The number of aliphatic carboxylic acids is 1. The fourth-order valence-electron chi connectivity index (χ4n) is 2.27. The Morgan fingerprint density at radius 1 is 1.38 bits per heavy atom. The van der Waals surface area contributed by atoms with Crippen molar-refractivity contribution in [3.8, 4) is 5.75 Å². The summed E-state index contributed by atoms with van der Waals surface area (Å²) in [6.45, 7) is 4.73. The second kappa shape index (κ2) is 8.66. The molecule has 2 aromatic rings. The van der Waals surface area contributed by atoms with Gasteiger partial charge in [-0.15, -0.1) is 0 Å². The molecule has 0 aliphatic heterocycles. The van der Waals surface area contributed by atoms with E-state index >= 15 is 0 Å². The smallest absolute Gasteiger partial charge is 0.317 e. The molecule has 0 aliphatic carbocycles. The van der Waals surface area contributed by atoms with E-state index in [1.165, 1.54) is 0 Å². The molecule has 0 atom stereocenters. The van der Waals surface area contributed by atoms with E-state index in [0.717, 1.165) is 11.1 Å². The lowest BCUT2D eigenvalue weighted by molar-refractivity contribution is -0.138. The Labute approximate surface area is 146 Å². The summed E-state index contributed by atoms with van der Waals surface area (Å²) < 4.78 is 5.89. The maximum absolute atomic E-state index is 11.1. The van der Waals surface area contributed by atoms with Crippen molar-refractivity contribution in [2.45, 2.75) is 33.0 Å². The number of rotatable bonds is 8. The monoisotopic (exact) mass is 348 g/mol. The van der Waals surface area contributed by atoms with Gasteiger partial charge >= 0.3 is 5.97 Å². The van der Waals surface area contributed by atoms with Gasteiger partial charge in [-0.25, -0.2) is 0 Å². The molecule has 0 saturated heterocycles. The van der Waals surface area contributed by atoms with Crippen molar-refractivity contribution in [2.24, 2.45) is 0 Å². The Balaban J connectivity index is 2.15. The first-order valence-corrected chi connectivity index (χ1v) is 8.09. The second-order valence-corrected chi connectivity index (χ2v) is 6.23. The molecular formula is C18H21ClN2O3. The highest BCUT2D eigenvalue weighted by Crippen LogP contribution is 2.26. The van der Waals surface area contributed by atoms with Crippen LogP contribution in [0, 0.1) is 0 Å². The van der Waals surface area contributed by atoms with E-state index in [0.29, 0.717) is 23.9 Å². The average Bonchev–Trinajstić information content (AvgIpc) is 2.54. The molecule has 0 unspecified atom stereocenters. The molecular weight excluding hydrogens is 328 g/mol. The topological polar surface area (TPSA) is 62.7 Å². The van der Waals surface area contributed by atoms with E-state index in [2.05, 4.69) is 4.98 Å². The molecule has 0 bridgehead atoms. The van der Waals surface area contributed by atoms with Crippen LogP contribution in [0.3, 0.4) is 0 Å². The molecule has 0 saturated carbocycles. The van der Waals surface area contributed by atoms with Crippen LogP contribution in [0.25, 0.3) is 0 Å². The zero-order chi connectivity index (χ0) is 17.5. The molecule has 6 heteroatoms. The van der Waals surface area contributed by atoms with E-state index in [4.69, 9.17) is 21.4 Å². The quantitative estimate of drug-likeness (QED) is 0.789. The minimum absolute atomic E-state index is 0.0355. The number of ether oxygens (including phenoxy) is 1. The largest absolute Gasteiger partial charge is 0.489 e. The minimum atomic E-state index is -0.858. The van der Waals surface area contributed by atoms with Gasteiger partial charge in [0.15, 0.2) is 0 Å². The van der Waals surface area contributed by atoms with Gasteiger partial charge in [0.05, 0.1) is 6.54 Å². The van der Waals surface area contributed by atoms with Gasteiger partial charge in [-0.2, -0.15) is 0 Å². The number of pyridine rings is 1. The molecule has 2 rings (SSSR count). The van der Waals surface area contributed by atoms with Crippen LogP contribution in [0.4, 0.5) is 0 Å². The summed E-state index contributed by atoms with van der Waals surface area (Å²) in [5, 5.41) is 9.68. The maximum Gasteiger partial charge on any atom is 0.317 e. The number of aromatic nitrogens is 1. The number of hydrogen-bond donors (Lipinski definition) is 1. The normalized spacial score (nSPS) is 11.0. The Hall–Kier alpha value is -2.11. The molecule has 128 valence electrons. The lowest BCUT2D eigenvalue weighted by Crippen LogP contribution is -2.35. The highest BCUT2D eigenvalue weighted by Gasteiger charge is 2.16. The third-order valence-corrected chi connectivity index (χ3v) is 3.82. The van der Waals surface area contributed by atoms with Crippen molar-refractivity contribution in [3.05, 3.63) is 58.9 Å². The van der Waals surface area contributed by atoms with E-state index in [1.807, 2.05) is 43.0 Å². The van der Waals surface area contributed by atoms with Crippen molar-refractivity contribution in [3.63, 3.8) is 0 Å². The zero-order valence-electron chi connectivity index (χ0n) is 13.8. The van der Waals surface area contributed by atoms with E-state index in [9.17, 15) is 4.79 Å². The van der Waals surface area contributed by atoms with Crippen LogP contribution in [-0.2, 0) is 17.9 Å². The van der Waals surface area contributed by atoms with Crippen LogP contribution in [0.15, 0.2) is 42.7 Å². The molecule has 5 nitrogen and oxygen atoms in total. The summed E-state index contributed by atoms with van der Waals surface area (Å²) in [7, 11) is 0. The van der Waals surface area contributed by atoms with Crippen LogP contribution in [0.1, 0.15) is 25.0 Å². The van der Waals surface area contributed by atoms with Gasteiger partial charge in [0, 0.05) is 41.1 Å². The van der Waals surface area contributed by atoms with Gasteiger partial charge in [0.1, 0.15) is 12.4 Å². The standard InChI is InChI=1S/C18H21ClN2O3/c1-13(2)21(11-18(22)23)10-15-8-16(19)5-6-17(15)24-12-14-4-3-7-20-9-14/h3-9,13H,10-12H2,1-2H3,(H,22,23). The number of hydrogen-bond acceptors (Lipinski definition) is 4. The highest BCUT2D eigenvalue weighted by molar-refractivity contribution is 6.30. The number of carboxylic acids is 1. The zero-order valence-corrected chi connectivity index (χ0v) is 14.5. The van der Waals surface area contributed by atoms with Crippen LogP contribution in [0.5, 0.6) is 5.75 Å². The highest BCUT2D eigenvalue weighted by atomic mass is 35.5. The predicted octanol–water partition coefficient (Wildman–Crippen LogP) is 3.61. The molecule has 0 spiro atoms. The van der Waals surface area contributed by atoms with Gasteiger partial charge < -0.3 is 9.84 Å². The number of carbonyl (C=O) groups is 1. The van der Waals surface area contributed by atoms with Crippen molar-refractivity contribution in [1.29, 1.82) is 0 Å². The van der Waals surface area contributed by atoms with Gasteiger partial charge in [0.25, 0.3) is 0 Å². The molecule has 0 fully saturated rings. The summed E-state index contributed by atoms with van der Waals surface area (Å²) in [6, 6.07) is 9.28. The molecule has 1 aromatic carbocycles. The molecule has 24 heavy (non-hydrogen) atoms. The van der Waals surface area contributed by atoms with Gasteiger partial charge in [0.2, 0.25) is 0 Å². The first-order chi connectivity index (χ1) is 11.5. The third kappa shape index (κ3) is 5.51. The number of carboxylic acid groups (broad SMARTS) is 1. The molecule has 0 amide bonds. The van der Waals surface area contributed by atoms with Crippen molar-refractivity contribution in [2.75, 3.05) is 6.54 Å². The van der Waals surface area contributed by atoms with Crippen LogP contribution < -0.4 is 4.74 Å². The van der Waals surface area contributed by atoms with Gasteiger partial charge in [-0.1, -0.05) is 17.7 Å². The second-order valence-electron chi connectivity index (χ2n) is 5.79. The molecule has 1 aromatic heterocycles. The summed E-state index contributed by atoms with van der Waals surface area (Å²) in [6.07, 6.45) is 3.46. The average molecular weight is 349 g/mol. The summed E-state index contributed by atoms with van der Waals surface area (Å²) in [5.41, 5.74) is 1.82. The number of benzene rings is 1. The number of nitrogens with zero attached hydrogens (tertiary/aromatic N) is 2. The van der Waals surface area contributed by atoms with E-state index < -0.39 is 5.97 Å². The van der Waals surface area contributed by atoms with Crippen LogP contribution in [0.2, 0.25) is 5.02 Å². The van der Waals surface area contributed by atoms with E-state index in [1.54, 1.807) is 18.5 Å². The van der Waals surface area contributed by atoms with Gasteiger partial charge in [-0.3, -0.25) is 14.7 Å². The third-order valence-electron chi connectivity index (χ3n) is 3.58. The van der Waals surface area contributed by atoms with Crippen LogP contribution in [-0.4, -0.2) is 33.5 Å². The van der Waals surface area contributed by atoms with Crippen LogP contribution >= 0.6 is 11.6 Å². The van der Waals surface area contributed by atoms with Gasteiger partial charge in [-0.05, 0) is 38.1 Å². The SMILES string of the molecule is CC(C)N(CC(=O)O)Cc1cc(Cl)ccc1OCc1cccnc1. The summed E-state index contributed by atoms with van der Waals surface area (Å²) in [4.78, 5) is 17.0. The molecule has 1 heterocycles. The predicted molar refractivity (Wildman–Crippen MR) is 93.2 cm³/mol. The fourth-order valence-corrected chi connectivity index (χ4v) is 2.47. The summed E-state index contributed by atoms with van der Waals surface area (Å²) in [5.74, 6) is -0.164. The van der Waals surface area contributed by atoms with Crippen molar-refractivity contribution < 1.29 is 14.6 Å². The lowest BCUT2D eigenvalue weighted by Gasteiger charge is -2.25. The first kappa shape index (κ1) is 18.2. The Bertz CT molecular complexity index is 677. The van der Waals surface area contributed by atoms with Crippen molar-refractivity contribution in [1.82, 2.24) is 9.88 Å². The Morgan fingerprint density at radius 3 is 2.79 bits per heavy atom. The Kier molecular flexibility index (Phi) is 6.58.